The van der Waals surface area contributed by atoms with Gasteiger partial charge in [-0.1, -0.05) is 17.7 Å². The largest absolute Gasteiger partial charge is 0.494 e. The normalized spacial score (nSPS) is 16.8. The molecule has 30 heavy (non-hydrogen) atoms. The number of sulfonamides is 1. The van der Waals surface area contributed by atoms with E-state index >= 15 is 0 Å². The molecule has 1 aliphatic rings. The average Bonchev–Trinajstić information content (AvgIpc) is 3.24. The van der Waals surface area contributed by atoms with E-state index in [1.807, 2.05) is 13.8 Å². The Hall–Kier alpha value is -2.91. The SMILES string of the molecule is CCOc1ccc(C(=O)NNC(=O)C2CCCN2S(=O)(=O)c2ccc(C)cc2)cc1. The molecular formula is C21H25N3O5S. The molecule has 1 heterocycles. The lowest BCUT2D eigenvalue weighted by molar-refractivity contribution is -0.125. The first-order valence-corrected chi connectivity index (χ1v) is 11.2. The zero-order chi connectivity index (χ0) is 21.7. The summed E-state index contributed by atoms with van der Waals surface area (Å²) in [4.78, 5) is 25.0. The molecule has 8 nitrogen and oxygen atoms in total. The average molecular weight is 432 g/mol. The predicted octanol–water partition coefficient (Wildman–Crippen LogP) is 2.01. The second-order valence-electron chi connectivity index (χ2n) is 6.99. The van der Waals surface area contributed by atoms with Gasteiger partial charge in [-0.3, -0.25) is 20.4 Å². The molecule has 0 spiro atoms. The molecular weight excluding hydrogens is 406 g/mol. The van der Waals surface area contributed by atoms with Gasteiger partial charge in [0.15, 0.2) is 0 Å². The fraction of sp³-hybridized carbons (Fsp3) is 0.333. The van der Waals surface area contributed by atoms with Crippen LogP contribution in [0.5, 0.6) is 5.75 Å². The van der Waals surface area contributed by atoms with E-state index in [0.717, 1.165) is 5.56 Å². The van der Waals surface area contributed by atoms with Gasteiger partial charge in [0.1, 0.15) is 11.8 Å². The lowest BCUT2D eigenvalue weighted by atomic mass is 10.2. The Kier molecular flexibility index (Phi) is 6.73. The van der Waals surface area contributed by atoms with Crippen LogP contribution in [0.15, 0.2) is 53.4 Å². The number of carbonyl (C=O) groups excluding carboxylic acids is 2. The molecule has 0 radical (unpaired) electrons. The van der Waals surface area contributed by atoms with Crippen molar-refractivity contribution in [2.75, 3.05) is 13.2 Å². The fourth-order valence-electron chi connectivity index (χ4n) is 3.28. The second-order valence-corrected chi connectivity index (χ2v) is 8.88. The van der Waals surface area contributed by atoms with E-state index in [1.165, 1.54) is 16.4 Å². The lowest BCUT2D eigenvalue weighted by Crippen LogP contribution is -2.51. The smallest absolute Gasteiger partial charge is 0.269 e. The first kappa shape index (κ1) is 21.8. The molecule has 2 N–H and O–H groups in total. The summed E-state index contributed by atoms with van der Waals surface area (Å²) in [5, 5.41) is 0. The topological polar surface area (TPSA) is 105 Å². The van der Waals surface area contributed by atoms with Gasteiger partial charge in [0.25, 0.3) is 11.8 Å². The summed E-state index contributed by atoms with van der Waals surface area (Å²) in [7, 11) is -3.80. The number of nitrogens with one attached hydrogen (secondary N) is 2. The van der Waals surface area contributed by atoms with E-state index in [0.29, 0.717) is 30.8 Å². The summed E-state index contributed by atoms with van der Waals surface area (Å²) >= 11 is 0. The zero-order valence-corrected chi connectivity index (χ0v) is 17.7. The minimum atomic E-state index is -3.80. The summed E-state index contributed by atoms with van der Waals surface area (Å²) in [5.41, 5.74) is 5.98. The highest BCUT2D eigenvalue weighted by atomic mass is 32.2. The van der Waals surface area contributed by atoms with Crippen LogP contribution >= 0.6 is 0 Å². The molecule has 0 aromatic heterocycles. The number of aryl methyl sites for hydroxylation is 1. The number of amides is 2. The van der Waals surface area contributed by atoms with Crippen molar-refractivity contribution in [3.05, 3.63) is 59.7 Å². The zero-order valence-electron chi connectivity index (χ0n) is 16.9. The van der Waals surface area contributed by atoms with Gasteiger partial charge in [0.05, 0.1) is 11.5 Å². The van der Waals surface area contributed by atoms with E-state index in [-0.39, 0.29) is 11.4 Å². The highest BCUT2D eigenvalue weighted by Crippen LogP contribution is 2.26. The Labute approximate surface area is 176 Å². The van der Waals surface area contributed by atoms with Crippen LogP contribution in [-0.2, 0) is 14.8 Å². The van der Waals surface area contributed by atoms with Crippen LogP contribution < -0.4 is 15.6 Å². The standard InChI is InChI=1S/C21H25N3O5S/c1-3-29-17-10-8-16(9-11-17)20(25)22-23-21(26)19-5-4-14-24(19)30(27,28)18-12-6-15(2)7-13-18/h6-13,19H,3-5,14H2,1-2H3,(H,22,25)(H,23,26). The first-order chi connectivity index (χ1) is 14.3. The molecule has 2 amide bonds. The van der Waals surface area contributed by atoms with Gasteiger partial charge < -0.3 is 4.74 Å². The summed E-state index contributed by atoms with van der Waals surface area (Å²) in [6.45, 7) is 4.50. The third-order valence-electron chi connectivity index (χ3n) is 4.86. The van der Waals surface area contributed by atoms with Gasteiger partial charge >= 0.3 is 0 Å². The summed E-state index contributed by atoms with van der Waals surface area (Å²) in [6, 6.07) is 12.1. The van der Waals surface area contributed by atoms with Gasteiger partial charge in [-0.05, 0) is 63.1 Å². The van der Waals surface area contributed by atoms with Crippen LogP contribution in [0.3, 0.4) is 0 Å². The monoisotopic (exact) mass is 431 g/mol. The van der Waals surface area contributed by atoms with Crippen LogP contribution in [0.2, 0.25) is 0 Å². The predicted molar refractivity (Wildman–Crippen MR) is 111 cm³/mol. The van der Waals surface area contributed by atoms with Crippen LogP contribution in [0.1, 0.15) is 35.7 Å². The van der Waals surface area contributed by atoms with E-state index < -0.39 is 27.9 Å². The maximum atomic E-state index is 13.0. The van der Waals surface area contributed by atoms with Crippen molar-refractivity contribution in [3.63, 3.8) is 0 Å². The lowest BCUT2D eigenvalue weighted by Gasteiger charge is -2.23. The van der Waals surface area contributed by atoms with Crippen LogP contribution in [-0.4, -0.2) is 43.7 Å². The minimum absolute atomic E-state index is 0.145. The van der Waals surface area contributed by atoms with Crippen molar-refractivity contribution >= 4 is 21.8 Å². The van der Waals surface area contributed by atoms with Crippen LogP contribution in [0, 0.1) is 6.92 Å². The summed E-state index contributed by atoms with van der Waals surface area (Å²) < 4.78 is 32.4. The molecule has 2 aromatic rings. The van der Waals surface area contributed by atoms with Gasteiger partial charge in [-0.25, -0.2) is 8.42 Å². The molecule has 160 valence electrons. The Balaban J connectivity index is 1.64. The first-order valence-electron chi connectivity index (χ1n) is 9.74. The van der Waals surface area contributed by atoms with Crippen molar-refractivity contribution in [3.8, 4) is 5.75 Å². The van der Waals surface area contributed by atoms with E-state index in [9.17, 15) is 18.0 Å². The number of rotatable bonds is 6. The number of hydrogen-bond acceptors (Lipinski definition) is 5. The molecule has 1 aliphatic heterocycles. The number of hydrazine groups is 1. The van der Waals surface area contributed by atoms with Crippen molar-refractivity contribution in [2.45, 2.75) is 37.6 Å². The number of nitrogens with zero attached hydrogens (tertiary/aromatic N) is 1. The van der Waals surface area contributed by atoms with Gasteiger partial charge in [0.2, 0.25) is 10.0 Å². The molecule has 0 saturated carbocycles. The van der Waals surface area contributed by atoms with E-state index in [2.05, 4.69) is 10.9 Å². The number of carbonyl (C=O) groups is 2. The van der Waals surface area contributed by atoms with Crippen LogP contribution in [0.25, 0.3) is 0 Å². The Morgan fingerprint density at radius 3 is 2.37 bits per heavy atom. The quantitative estimate of drug-likeness (QED) is 0.681. The third kappa shape index (κ3) is 4.80. The van der Waals surface area contributed by atoms with Crippen molar-refractivity contribution < 1.29 is 22.7 Å². The molecule has 2 aromatic carbocycles. The third-order valence-corrected chi connectivity index (χ3v) is 6.78. The second kappa shape index (κ2) is 9.27. The van der Waals surface area contributed by atoms with E-state index in [1.54, 1.807) is 36.4 Å². The Morgan fingerprint density at radius 2 is 1.73 bits per heavy atom. The van der Waals surface area contributed by atoms with E-state index in [4.69, 9.17) is 4.74 Å². The van der Waals surface area contributed by atoms with Crippen molar-refractivity contribution in [1.29, 1.82) is 0 Å². The Morgan fingerprint density at radius 1 is 1.07 bits per heavy atom. The maximum absolute atomic E-state index is 13.0. The molecule has 1 saturated heterocycles. The van der Waals surface area contributed by atoms with Crippen LogP contribution in [0.4, 0.5) is 0 Å². The molecule has 3 rings (SSSR count). The summed E-state index contributed by atoms with van der Waals surface area (Å²) in [5.74, 6) is -0.430. The number of benzene rings is 2. The van der Waals surface area contributed by atoms with Crippen molar-refractivity contribution in [1.82, 2.24) is 15.2 Å². The van der Waals surface area contributed by atoms with Crippen molar-refractivity contribution in [2.24, 2.45) is 0 Å². The van der Waals surface area contributed by atoms with Gasteiger partial charge in [0, 0.05) is 12.1 Å². The highest BCUT2D eigenvalue weighted by Gasteiger charge is 2.39. The minimum Gasteiger partial charge on any atom is -0.494 e. The molecule has 0 aliphatic carbocycles. The molecule has 1 unspecified atom stereocenters. The maximum Gasteiger partial charge on any atom is 0.269 e. The number of hydrogen-bond donors (Lipinski definition) is 2. The Bertz CT molecular complexity index is 1000. The number of ether oxygens (including phenoxy) is 1. The summed E-state index contributed by atoms with van der Waals surface area (Å²) in [6.07, 6.45) is 0.950. The molecule has 0 bridgehead atoms. The fourth-order valence-corrected chi connectivity index (χ4v) is 4.93. The highest BCUT2D eigenvalue weighted by molar-refractivity contribution is 7.89. The molecule has 9 heteroatoms. The van der Waals surface area contributed by atoms with Gasteiger partial charge in [-0.2, -0.15) is 4.31 Å². The molecule has 1 fully saturated rings. The molecule has 1 atom stereocenters. The van der Waals surface area contributed by atoms with Gasteiger partial charge in [-0.15, -0.1) is 0 Å².